The van der Waals surface area contributed by atoms with Crippen LogP contribution in [0.25, 0.3) is 0 Å². The molecule has 1 saturated heterocycles. The number of hydrogen-bond acceptors (Lipinski definition) is 5. The second-order valence-corrected chi connectivity index (χ2v) is 7.33. The second kappa shape index (κ2) is 6.63. The molecular weight excluding hydrogens is 318 g/mol. The molecule has 1 aliphatic heterocycles. The van der Waals surface area contributed by atoms with Crippen LogP contribution in [-0.4, -0.2) is 45.3 Å². The SMILES string of the molecule is Cc1noc(C)c1CN1CCCC(NC(=O)c2cc(C3CC3)[nH]n2)C1. The van der Waals surface area contributed by atoms with Gasteiger partial charge in [0.15, 0.2) is 0 Å². The van der Waals surface area contributed by atoms with Crippen molar-refractivity contribution in [1.82, 2.24) is 25.6 Å². The summed E-state index contributed by atoms with van der Waals surface area (Å²) in [4.78, 5) is 14.8. The van der Waals surface area contributed by atoms with E-state index in [9.17, 15) is 4.79 Å². The van der Waals surface area contributed by atoms with E-state index in [1.807, 2.05) is 19.9 Å². The third-order valence-corrected chi connectivity index (χ3v) is 5.25. The van der Waals surface area contributed by atoms with E-state index >= 15 is 0 Å². The normalized spacial score (nSPS) is 21.4. The summed E-state index contributed by atoms with van der Waals surface area (Å²) in [6, 6.07) is 2.06. The smallest absolute Gasteiger partial charge is 0.272 e. The second-order valence-electron chi connectivity index (χ2n) is 7.33. The number of nitrogens with one attached hydrogen (secondary N) is 2. The summed E-state index contributed by atoms with van der Waals surface area (Å²) in [5, 5.41) is 14.3. The minimum Gasteiger partial charge on any atom is -0.361 e. The van der Waals surface area contributed by atoms with E-state index in [1.54, 1.807) is 0 Å². The van der Waals surface area contributed by atoms with Crippen molar-refractivity contribution in [2.45, 2.75) is 58.0 Å². The third-order valence-electron chi connectivity index (χ3n) is 5.25. The first-order valence-corrected chi connectivity index (χ1v) is 9.10. The molecule has 2 aromatic heterocycles. The fourth-order valence-electron chi connectivity index (χ4n) is 3.58. The third kappa shape index (κ3) is 3.61. The highest BCUT2D eigenvalue weighted by Crippen LogP contribution is 2.39. The fourth-order valence-corrected chi connectivity index (χ4v) is 3.58. The molecule has 25 heavy (non-hydrogen) atoms. The first kappa shape index (κ1) is 16.3. The lowest BCUT2D eigenvalue weighted by Gasteiger charge is -2.32. The van der Waals surface area contributed by atoms with E-state index in [0.29, 0.717) is 11.6 Å². The van der Waals surface area contributed by atoms with Gasteiger partial charge in [0, 0.05) is 36.3 Å². The molecule has 1 amide bonds. The molecule has 2 aliphatic rings. The Balaban J connectivity index is 1.35. The molecule has 7 heteroatoms. The van der Waals surface area contributed by atoms with Gasteiger partial charge in [-0.15, -0.1) is 0 Å². The van der Waals surface area contributed by atoms with Crippen LogP contribution in [0.2, 0.25) is 0 Å². The Hall–Kier alpha value is -2.15. The van der Waals surface area contributed by atoms with Crippen molar-refractivity contribution in [3.8, 4) is 0 Å². The molecule has 0 aromatic carbocycles. The Morgan fingerprint density at radius 3 is 2.96 bits per heavy atom. The van der Waals surface area contributed by atoms with Gasteiger partial charge in [-0.25, -0.2) is 0 Å². The van der Waals surface area contributed by atoms with Gasteiger partial charge in [-0.05, 0) is 52.1 Å². The summed E-state index contributed by atoms with van der Waals surface area (Å²) < 4.78 is 5.25. The summed E-state index contributed by atoms with van der Waals surface area (Å²) in [7, 11) is 0. The number of H-pyrrole nitrogens is 1. The summed E-state index contributed by atoms with van der Waals surface area (Å²) in [5.41, 5.74) is 3.71. The fraction of sp³-hybridized carbons (Fsp3) is 0.611. The van der Waals surface area contributed by atoms with Crippen molar-refractivity contribution in [2.24, 2.45) is 0 Å². The number of piperidine rings is 1. The highest BCUT2D eigenvalue weighted by Gasteiger charge is 2.28. The number of hydrogen-bond donors (Lipinski definition) is 2. The zero-order valence-electron chi connectivity index (χ0n) is 14.8. The molecule has 0 bridgehead atoms. The molecule has 2 N–H and O–H groups in total. The molecule has 1 saturated carbocycles. The topological polar surface area (TPSA) is 87.0 Å². The summed E-state index contributed by atoms with van der Waals surface area (Å²) in [5.74, 6) is 1.38. The minimum atomic E-state index is -0.0765. The molecule has 0 spiro atoms. The molecule has 2 fully saturated rings. The predicted molar refractivity (Wildman–Crippen MR) is 92.3 cm³/mol. The average molecular weight is 343 g/mol. The Kier molecular flexibility index (Phi) is 4.33. The average Bonchev–Trinajstić information content (AvgIpc) is 3.25. The van der Waals surface area contributed by atoms with Gasteiger partial charge in [0.05, 0.1) is 5.69 Å². The first-order chi connectivity index (χ1) is 12.1. The molecular formula is C18H25N5O2. The Bertz CT molecular complexity index is 742. The van der Waals surface area contributed by atoms with Crippen molar-refractivity contribution in [3.63, 3.8) is 0 Å². The van der Waals surface area contributed by atoms with Gasteiger partial charge in [0.2, 0.25) is 0 Å². The van der Waals surface area contributed by atoms with Crippen LogP contribution in [-0.2, 0) is 6.54 Å². The van der Waals surface area contributed by atoms with Crippen LogP contribution in [0.5, 0.6) is 0 Å². The van der Waals surface area contributed by atoms with E-state index in [4.69, 9.17) is 4.52 Å². The maximum Gasteiger partial charge on any atom is 0.272 e. The van der Waals surface area contributed by atoms with Crippen LogP contribution >= 0.6 is 0 Å². The van der Waals surface area contributed by atoms with Gasteiger partial charge in [-0.3, -0.25) is 14.8 Å². The minimum absolute atomic E-state index is 0.0765. The van der Waals surface area contributed by atoms with E-state index in [-0.39, 0.29) is 11.9 Å². The predicted octanol–water partition coefficient (Wildman–Crippen LogP) is 2.29. The number of amides is 1. The molecule has 134 valence electrons. The molecule has 1 aliphatic carbocycles. The quantitative estimate of drug-likeness (QED) is 0.870. The van der Waals surface area contributed by atoms with Crippen molar-refractivity contribution < 1.29 is 9.32 Å². The van der Waals surface area contributed by atoms with Crippen LogP contribution in [0.15, 0.2) is 10.6 Å². The molecule has 3 heterocycles. The van der Waals surface area contributed by atoms with Crippen molar-refractivity contribution in [2.75, 3.05) is 13.1 Å². The van der Waals surface area contributed by atoms with Crippen LogP contribution in [0.3, 0.4) is 0 Å². The zero-order chi connectivity index (χ0) is 17.4. The number of carbonyl (C=O) groups excluding carboxylic acids is 1. The number of carbonyl (C=O) groups is 1. The Morgan fingerprint density at radius 1 is 1.40 bits per heavy atom. The van der Waals surface area contributed by atoms with Crippen molar-refractivity contribution in [1.29, 1.82) is 0 Å². The molecule has 2 aromatic rings. The van der Waals surface area contributed by atoms with Crippen LogP contribution in [0.1, 0.15) is 64.8 Å². The van der Waals surface area contributed by atoms with E-state index < -0.39 is 0 Å². The number of likely N-dealkylation sites (tertiary alicyclic amines) is 1. The molecule has 7 nitrogen and oxygen atoms in total. The highest BCUT2D eigenvalue weighted by molar-refractivity contribution is 5.92. The highest BCUT2D eigenvalue weighted by atomic mass is 16.5. The molecule has 1 atom stereocenters. The Labute approximate surface area is 147 Å². The number of aryl methyl sites for hydroxylation is 2. The van der Waals surface area contributed by atoms with Gasteiger partial charge < -0.3 is 9.84 Å². The molecule has 1 unspecified atom stereocenters. The summed E-state index contributed by atoms with van der Waals surface area (Å²) in [6.45, 7) is 6.62. The maximum absolute atomic E-state index is 12.5. The monoisotopic (exact) mass is 343 g/mol. The van der Waals surface area contributed by atoms with Gasteiger partial charge in [0.25, 0.3) is 5.91 Å². The van der Waals surface area contributed by atoms with Gasteiger partial charge in [-0.2, -0.15) is 5.10 Å². The molecule has 0 radical (unpaired) electrons. The standard InChI is InChI=1S/C18H25N5O2/c1-11-15(12(2)25-22-11)10-23-7-3-4-14(9-23)19-18(24)17-8-16(20-21-17)13-5-6-13/h8,13-14H,3-7,9-10H2,1-2H3,(H,19,24)(H,20,21). The largest absolute Gasteiger partial charge is 0.361 e. The van der Waals surface area contributed by atoms with E-state index in [0.717, 1.165) is 55.2 Å². The van der Waals surface area contributed by atoms with Gasteiger partial charge >= 0.3 is 0 Å². The number of rotatable bonds is 5. The zero-order valence-corrected chi connectivity index (χ0v) is 14.8. The van der Waals surface area contributed by atoms with E-state index in [2.05, 4.69) is 25.6 Å². The van der Waals surface area contributed by atoms with Gasteiger partial charge in [-0.1, -0.05) is 5.16 Å². The Morgan fingerprint density at radius 2 is 2.24 bits per heavy atom. The lowest BCUT2D eigenvalue weighted by molar-refractivity contribution is 0.0895. The lowest BCUT2D eigenvalue weighted by atomic mass is 10.0. The van der Waals surface area contributed by atoms with Gasteiger partial charge in [0.1, 0.15) is 11.5 Å². The maximum atomic E-state index is 12.5. The van der Waals surface area contributed by atoms with Crippen LogP contribution in [0.4, 0.5) is 0 Å². The van der Waals surface area contributed by atoms with Crippen LogP contribution < -0.4 is 5.32 Å². The van der Waals surface area contributed by atoms with Crippen LogP contribution in [0, 0.1) is 13.8 Å². The number of nitrogens with zero attached hydrogens (tertiary/aromatic N) is 3. The summed E-state index contributed by atoms with van der Waals surface area (Å²) >= 11 is 0. The first-order valence-electron chi connectivity index (χ1n) is 9.10. The lowest BCUT2D eigenvalue weighted by Crippen LogP contribution is -2.47. The van der Waals surface area contributed by atoms with E-state index in [1.165, 1.54) is 12.8 Å². The van der Waals surface area contributed by atoms with Crippen molar-refractivity contribution >= 4 is 5.91 Å². The number of aromatic amines is 1. The number of aromatic nitrogens is 3. The molecule has 4 rings (SSSR count). The summed E-state index contributed by atoms with van der Waals surface area (Å²) in [6.07, 6.45) is 4.47. The van der Waals surface area contributed by atoms with Crippen molar-refractivity contribution in [3.05, 3.63) is 34.5 Å².